The largest absolute Gasteiger partial charge is 0.493 e. The molecule has 3 amide bonds. The Kier molecular flexibility index (Phi) is 9.42. The van der Waals surface area contributed by atoms with Crippen molar-refractivity contribution in [2.75, 3.05) is 39.9 Å². The smallest absolute Gasteiger partial charge is 0.246 e. The number of allylic oxidation sites excluding steroid dienone is 3. The number of hydrogen-bond acceptors (Lipinski definition) is 7. The summed E-state index contributed by atoms with van der Waals surface area (Å²) in [5.41, 5.74) is 0.946. The summed E-state index contributed by atoms with van der Waals surface area (Å²) in [6.45, 7) is 6.45. The molecule has 10 heteroatoms. The fourth-order valence-corrected chi connectivity index (χ4v) is 6.40. The van der Waals surface area contributed by atoms with Crippen LogP contribution in [0, 0.1) is 5.92 Å². The lowest BCUT2D eigenvalue weighted by Gasteiger charge is -2.45. The van der Waals surface area contributed by atoms with Crippen molar-refractivity contribution in [2.24, 2.45) is 5.92 Å². The Hall–Kier alpha value is -3.21. The van der Waals surface area contributed by atoms with Crippen LogP contribution in [0.2, 0.25) is 0 Å². The quantitative estimate of drug-likeness (QED) is 0.417. The van der Waals surface area contributed by atoms with E-state index in [9.17, 15) is 14.4 Å². The third-order valence-electron chi connectivity index (χ3n) is 8.78. The molecule has 7 unspecified atom stereocenters. The Morgan fingerprint density at radius 3 is 2.73 bits per heavy atom. The van der Waals surface area contributed by atoms with Crippen molar-refractivity contribution >= 4 is 17.7 Å². The van der Waals surface area contributed by atoms with Crippen LogP contribution >= 0.6 is 0 Å². The summed E-state index contributed by atoms with van der Waals surface area (Å²) in [5.74, 6) is -0.0861. The van der Waals surface area contributed by atoms with Gasteiger partial charge in [-0.05, 0) is 39.8 Å². The predicted octanol–water partition coefficient (Wildman–Crippen LogP) is 1.54. The fraction of sp³-hybridized carbons (Fsp3) is 0.581. The van der Waals surface area contributed by atoms with Crippen molar-refractivity contribution in [1.82, 2.24) is 25.8 Å². The van der Waals surface area contributed by atoms with Gasteiger partial charge in [0.1, 0.15) is 17.8 Å². The minimum absolute atomic E-state index is 0.0736. The number of benzene rings is 1. The second kappa shape index (κ2) is 13.2. The zero-order chi connectivity index (χ0) is 28.9. The zero-order valence-electron chi connectivity index (χ0n) is 24.3. The summed E-state index contributed by atoms with van der Waals surface area (Å²) in [4.78, 5) is 45.5. The van der Waals surface area contributed by atoms with E-state index in [0.717, 1.165) is 24.3 Å². The van der Waals surface area contributed by atoms with Crippen molar-refractivity contribution in [3.63, 3.8) is 0 Å². The van der Waals surface area contributed by atoms with Crippen LogP contribution < -0.4 is 20.7 Å². The molecule has 5 rings (SSSR count). The maximum atomic E-state index is 14.4. The summed E-state index contributed by atoms with van der Waals surface area (Å²) in [7, 11) is 1.72. The molecule has 1 aromatic rings. The molecule has 0 radical (unpaired) electrons. The molecule has 3 aliphatic heterocycles. The number of rotatable bonds is 9. The van der Waals surface area contributed by atoms with Gasteiger partial charge in [-0.2, -0.15) is 0 Å². The summed E-state index contributed by atoms with van der Waals surface area (Å²) in [6, 6.07) is 5.71. The number of fused-ring (bicyclic) bond motifs is 2. The second-order valence-electron chi connectivity index (χ2n) is 11.4. The first-order valence-electron chi connectivity index (χ1n) is 14.9. The Bertz CT molecular complexity index is 1170. The zero-order valence-corrected chi connectivity index (χ0v) is 24.3. The summed E-state index contributed by atoms with van der Waals surface area (Å²) >= 11 is 0. The van der Waals surface area contributed by atoms with Gasteiger partial charge in [0.2, 0.25) is 17.7 Å². The van der Waals surface area contributed by atoms with Gasteiger partial charge in [0.15, 0.2) is 0 Å². The lowest BCUT2D eigenvalue weighted by atomic mass is 9.90. The molecule has 3 N–H and O–H groups in total. The van der Waals surface area contributed by atoms with E-state index in [1.54, 1.807) is 18.9 Å². The van der Waals surface area contributed by atoms with Gasteiger partial charge in [-0.25, -0.2) is 0 Å². The Balaban J connectivity index is 1.41. The van der Waals surface area contributed by atoms with Crippen LogP contribution in [0.4, 0.5) is 0 Å². The molecule has 7 atom stereocenters. The van der Waals surface area contributed by atoms with Gasteiger partial charge in [0, 0.05) is 50.2 Å². The molecular weight excluding hydrogens is 522 g/mol. The van der Waals surface area contributed by atoms with Crippen LogP contribution in [0.25, 0.3) is 0 Å². The Morgan fingerprint density at radius 1 is 1.15 bits per heavy atom. The minimum atomic E-state index is -0.783. The molecule has 3 heterocycles. The van der Waals surface area contributed by atoms with Gasteiger partial charge >= 0.3 is 0 Å². The maximum absolute atomic E-state index is 14.4. The van der Waals surface area contributed by atoms with Gasteiger partial charge in [-0.15, -0.1) is 0 Å². The molecule has 1 aliphatic carbocycles. The third-order valence-corrected chi connectivity index (χ3v) is 8.78. The number of para-hydroxylation sites is 1. The highest BCUT2D eigenvalue weighted by Crippen LogP contribution is 2.33. The van der Waals surface area contributed by atoms with E-state index in [2.05, 4.69) is 20.9 Å². The normalized spacial score (nSPS) is 28.7. The Labute approximate surface area is 242 Å². The molecule has 41 heavy (non-hydrogen) atoms. The number of likely N-dealkylation sites (N-methyl/N-ethyl adjacent to an activating group) is 1. The van der Waals surface area contributed by atoms with Crippen LogP contribution in [-0.2, 0) is 19.1 Å². The van der Waals surface area contributed by atoms with Crippen LogP contribution in [0.1, 0.15) is 44.7 Å². The van der Waals surface area contributed by atoms with E-state index in [-0.39, 0.29) is 41.8 Å². The number of carbonyl (C=O) groups excluding carboxylic acids is 3. The molecule has 4 aliphatic rings. The van der Waals surface area contributed by atoms with Crippen molar-refractivity contribution in [3.05, 3.63) is 54.1 Å². The first kappa shape index (κ1) is 29.3. The van der Waals surface area contributed by atoms with E-state index >= 15 is 0 Å². The van der Waals surface area contributed by atoms with Crippen molar-refractivity contribution < 1.29 is 23.9 Å². The molecule has 0 spiro atoms. The Morgan fingerprint density at radius 2 is 1.98 bits per heavy atom. The fourth-order valence-electron chi connectivity index (χ4n) is 6.40. The molecule has 0 saturated carbocycles. The highest BCUT2D eigenvalue weighted by atomic mass is 16.5. The second-order valence-corrected chi connectivity index (χ2v) is 11.4. The molecule has 1 aromatic carbocycles. The maximum Gasteiger partial charge on any atom is 0.246 e. The molecule has 2 saturated heterocycles. The number of nitrogens with zero attached hydrogens (tertiary/aromatic N) is 2. The van der Waals surface area contributed by atoms with Crippen LogP contribution in [-0.4, -0.2) is 97.7 Å². The standard InChI is InChI=1S/C31H43N5O5/c1-4-40-23-16-22-17-36(31(39)28(21-10-6-5-7-11-21)34-29(37)20(2)32-3)26(19-35(22)18-23)30(38)33-25-14-15-41-27-13-9-8-12-24(25)27/h5-10,12-13,20-23,25-26,28,32H,4,11,14-19H2,1-3H3,(H,33,38)(H,34,37). The van der Waals surface area contributed by atoms with Crippen LogP contribution in [0.5, 0.6) is 5.75 Å². The lowest BCUT2D eigenvalue weighted by Crippen LogP contribution is -2.66. The van der Waals surface area contributed by atoms with E-state index in [1.807, 2.05) is 55.5 Å². The van der Waals surface area contributed by atoms with Gasteiger partial charge in [-0.1, -0.05) is 42.5 Å². The topological polar surface area (TPSA) is 112 Å². The van der Waals surface area contributed by atoms with Gasteiger partial charge < -0.3 is 30.3 Å². The summed E-state index contributed by atoms with van der Waals surface area (Å²) in [5, 5.41) is 9.21. The van der Waals surface area contributed by atoms with Gasteiger partial charge in [-0.3, -0.25) is 19.3 Å². The van der Waals surface area contributed by atoms with E-state index < -0.39 is 18.1 Å². The van der Waals surface area contributed by atoms with Crippen LogP contribution in [0.3, 0.4) is 0 Å². The average molecular weight is 566 g/mol. The SMILES string of the molecule is CCOC1CC2CN(C(=O)C(NC(=O)C(C)NC)C3C=CC=CC3)C(C(=O)NC3CCOc4ccccc43)CN2C1. The first-order chi connectivity index (χ1) is 19.9. The van der Waals surface area contributed by atoms with Gasteiger partial charge in [0.05, 0.1) is 24.8 Å². The predicted molar refractivity (Wildman–Crippen MR) is 155 cm³/mol. The monoisotopic (exact) mass is 565 g/mol. The average Bonchev–Trinajstić information content (AvgIpc) is 3.40. The van der Waals surface area contributed by atoms with E-state index in [4.69, 9.17) is 9.47 Å². The first-order valence-corrected chi connectivity index (χ1v) is 14.9. The van der Waals surface area contributed by atoms with E-state index in [0.29, 0.717) is 39.1 Å². The van der Waals surface area contributed by atoms with Crippen molar-refractivity contribution in [2.45, 2.75) is 69.4 Å². The molecule has 0 bridgehead atoms. The van der Waals surface area contributed by atoms with Gasteiger partial charge in [0.25, 0.3) is 0 Å². The highest BCUT2D eigenvalue weighted by molar-refractivity contribution is 5.94. The summed E-state index contributed by atoms with van der Waals surface area (Å²) < 4.78 is 11.7. The number of amides is 3. The summed E-state index contributed by atoms with van der Waals surface area (Å²) in [6.07, 6.45) is 10.0. The number of nitrogens with one attached hydrogen (secondary N) is 3. The van der Waals surface area contributed by atoms with E-state index in [1.165, 1.54) is 0 Å². The highest BCUT2D eigenvalue weighted by Gasteiger charge is 2.47. The van der Waals surface area contributed by atoms with Crippen LogP contribution in [0.15, 0.2) is 48.6 Å². The number of hydrogen-bond donors (Lipinski definition) is 3. The third kappa shape index (κ3) is 6.50. The molecule has 222 valence electrons. The van der Waals surface area contributed by atoms with Crippen molar-refractivity contribution in [3.8, 4) is 5.75 Å². The molecule has 10 nitrogen and oxygen atoms in total. The van der Waals surface area contributed by atoms with Crippen molar-refractivity contribution in [1.29, 1.82) is 0 Å². The molecule has 2 fully saturated rings. The number of ether oxygens (including phenoxy) is 2. The lowest BCUT2D eigenvalue weighted by molar-refractivity contribution is -0.149. The molecular formula is C31H43N5O5. The number of piperazine rings is 1. The molecule has 0 aromatic heterocycles. The minimum Gasteiger partial charge on any atom is -0.493 e. The number of carbonyl (C=O) groups is 3.